The Balaban J connectivity index is 1.71. The number of alkyl halides is 3. The first kappa shape index (κ1) is 24.6. The van der Waals surface area contributed by atoms with Crippen LogP contribution >= 0.6 is 11.6 Å². The molecular formula is C27H19ClF3N3O3. The highest BCUT2D eigenvalue weighted by Crippen LogP contribution is 2.41. The van der Waals surface area contributed by atoms with Gasteiger partial charge < -0.3 is 13.7 Å². The number of ketones is 1. The molecule has 0 N–H and O–H groups in total. The van der Waals surface area contributed by atoms with E-state index >= 15 is 0 Å². The molecule has 0 amide bonds. The molecule has 5 rings (SSSR count). The van der Waals surface area contributed by atoms with Gasteiger partial charge in [-0.3, -0.25) is 9.78 Å². The number of carbonyl (C=O) groups is 1. The SMILES string of the molecule is CCOc1ccc2c(c1)c(C(=O)c1cnc(-c3ccncc3)o1)c(C(F)(F)F)n2Cc1ccc(Cl)cc1. The lowest BCUT2D eigenvalue weighted by atomic mass is 10.0. The van der Waals surface area contributed by atoms with Crippen molar-refractivity contribution < 1.29 is 27.1 Å². The van der Waals surface area contributed by atoms with Gasteiger partial charge in [-0.15, -0.1) is 0 Å². The molecule has 0 bridgehead atoms. The van der Waals surface area contributed by atoms with Crippen LogP contribution in [0.4, 0.5) is 13.2 Å². The Morgan fingerprint density at radius 2 is 1.81 bits per heavy atom. The van der Waals surface area contributed by atoms with Crippen LogP contribution in [-0.2, 0) is 12.7 Å². The highest BCUT2D eigenvalue weighted by atomic mass is 35.5. The van der Waals surface area contributed by atoms with Gasteiger partial charge in [0.1, 0.15) is 11.4 Å². The van der Waals surface area contributed by atoms with Crippen molar-refractivity contribution in [3.8, 4) is 17.2 Å². The van der Waals surface area contributed by atoms with Gasteiger partial charge in [0.2, 0.25) is 11.7 Å². The van der Waals surface area contributed by atoms with Crippen molar-refractivity contribution in [3.05, 3.63) is 101 Å². The minimum Gasteiger partial charge on any atom is -0.494 e. The summed E-state index contributed by atoms with van der Waals surface area (Å²) in [5, 5.41) is 0.559. The molecule has 10 heteroatoms. The molecule has 0 aliphatic carbocycles. The van der Waals surface area contributed by atoms with E-state index in [0.717, 1.165) is 10.8 Å². The third kappa shape index (κ3) is 4.82. The van der Waals surface area contributed by atoms with E-state index in [1.807, 2.05) is 0 Å². The number of pyridine rings is 1. The minimum absolute atomic E-state index is 0.0964. The maximum Gasteiger partial charge on any atom is 0.432 e. The number of aromatic nitrogens is 3. The van der Waals surface area contributed by atoms with Crippen LogP contribution in [0.15, 0.2) is 77.6 Å². The van der Waals surface area contributed by atoms with Crippen LogP contribution in [-0.4, -0.2) is 26.9 Å². The number of benzene rings is 2. The number of nitrogens with zero attached hydrogens (tertiary/aromatic N) is 3. The molecule has 0 aliphatic heterocycles. The van der Waals surface area contributed by atoms with Crippen molar-refractivity contribution in [1.82, 2.24) is 14.5 Å². The van der Waals surface area contributed by atoms with Gasteiger partial charge in [0, 0.05) is 40.4 Å². The predicted molar refractivity (Wildman–Crippen MR) is 132 cm³/mol. The van der Waals surface area contributed by atoms with E-state index in [-0.39, 0.29) is 29.1 Å². The van der Waals surface area contributed by atoms with E-state index < -0.39 is 23.2 Å². The number of ether oxygens (including phenoxy) is 1. The van der Waals surface area contributed by atoms with Gasteiger partial charge in [0.05, 0.1) is 18.4 Å². The first-order chi connectivity index (χ1) is 17.8. The van der Waals surface area contributed by atoms with Gasteiger partial charge in [0.25, 0.3) is 0 Å². The average molecular weight is 526 g/mol. The van der Waals surface area contributed by atoms with Crippen molar-refractivity contribution in [3.63, 3.8) is 0 Å². The number of carbonyl (C=O) groups excluding carboxylic acids is 1. The zero-order valence-electron chi connectivity index (χ0n) is 19.4. The number of rotatable bonds is 7. The Labute approximate surface area is 214 Å². The summed E-state index contributed by atoms with van der Waals surface area (Å²) in [5.74, 6) is -0.811. The summed E-state index contributed by atoms with van der Waals surface area (Å²) in [6, 6.07) is 14.3. The molecule has 0 unspecified atom stereocenters. The van der Waals surface area contributed by atoms with Gasteiger partial charge in [-0.05, 0) is 55.0 Å². The van der Waals surface area contributed by atoms with E-state index in [9.17, 15) is 18.0 Å². The lowest BCUT2D eigenvalue weighted by molar-refractivity contribution is -0.143. The van der Waals surface area contributed by atoms with Gasteiger partial charge >= 0.3 is 6.18 Å². The summed E-state index contributed by atoms with van der Waals surface area (Å²) >= 11 is 5.96. The summed E-state index contributed by atoms with van der Waals surface area (Å²) in [6.45, 7) is 1.94. The second kappa shape index (κ2) is 9.74. The molecule has 188 valence electrons. The number of halogens is 4. The van der Waals surface area contributed by atoms with Gasteiger partial charge in [0.15, 0.2) is 5.76 Å². The zero-order valence-corrected chi connectivity index (χ0v) is 20.2. The topological polar surface area (TPSA) is 70.2 Å². The van der Waals surface area contributed by atoms with Gasteiger partial charge in [-0.25, -0.2) is 4.98 Å². The van der Waals surface area contributed by atoms with E-state index in [1.54, 1.807) is 49.4 Å². The van der Waals surface area contributed by atoms with Gasteiger partial charge in [-0.1, -0.05) is 23.7 Å². The second-order valence-electron chi connectivity index (χ2n) is 8.14. The van der Waals surface area contributed by atoms with Crippen LogP contribution in [0, 0.1) is 0 Å². The molecule has 0 radical (unpaired) electrons. The number of fused-ring (bicyclic) bond motifs is 1. The van der Waals surface area contributed by atoms with Crippen LogP contribution < -0.4 is 4.74 Å². The van der Waals surface area contributed by atoms with Gasteiger partial charge in [-0.2, -0.15) is 13.2 Å². The first-order valence-electron chi connectivity index (χ1n) is 11.3. The molecule has 0 saturated carbocycles. The summed E-state index contributed by atoms with van der Waals surface area (Å²) in [4.78, 5) is 21.6. The Morgan fingerprint density at radius 3 is 2.49 bits per heavy atom. The Hall–Kier alpha value is -4.11. The van der Waals surface area contributed by atoms with E-state index in [2.05, 4.69) is 9.97 Å². The molecule has 0 fully saturated rings. The molecule has 3 aromatic heterocycles. The highest BCUT2D eigenvalue weighted by Gasteiger charge is 2.42. The molecule has 0 aliphatic rings. The fraction of sp³-hybridized carbons (Fsp3) is 0.148. The number of hydrogen-bond acceptors (Lipinski definition) is 5. The molecule has 0 atom stereocenters. The second-order valence-corrected chi connectivity index (χ2v) is 8.58. The molecule has 2 aromatic carbocycles. The van der Waals surface area contributed by atoms with Crippen LogP contribution in [0.1, 0.15) is 34.3 Å². The Bertz CT molecular complexity index is 1580. The summed E-state index contributed by atoms with van der Waals surface area (Å²) in [7, 11) is 0. The maximum atomic E-state index is 14.6. The molecule has 0 saturated heterocycles. The highest BCUT2D eigenvalue weighted by molar-refractivity contribution is 6.30. The largest absolute Gasteiger partial charge is 0.494 e. The van der Waals surface area contributed by atoms with Crippen molar-refractivity contribution in [1.29, 1.82) is 0 Å². The lowest BCUT2D eigenvalue weighted by Gasteiger charge is -2.15. The predicted octanol–water partition coefficient (Wildman–Crippen LogP) is 7.04. The fourth-order valence-electron chi connectivity index (χ4n) is 4.18. The molecule has 0 spiro atoms. The van der Waals surface area contributed by atoms with E-state index in [4.69, 9.17) is 20.8 Å². The number of oxazole rings is 1. The van der Waals surface area contributed by atoms with E-state index in [1.165, 1.54) is 24.5 Å². The summed E-state index contributed by atoms with van der Waals surface area (Å²) in [6.07, 6.45) is -0.686. The number of hydrogen-bond donors (Lipinski definition) is 0. The smallest absolute Gasteiger partial charge is 0.432 e. The summed E-state index contributed by atoms with van der Waals surface area (Å²) < 4.78 is 56.1. The van der Waals surface area contributed by atoms with Crippen LogP contribution in [0.3, 0.4) is 0 Å². The third-order valence-corrected chi connectivity index (χ3v) is 6.00. The molecule has 37 heavy (non-hydrogen) atoms. The average Bonchev–Trinajstić information content (AvgIpc) is 3.49. The first-order valence-corrected chi connectivity index (χ1v) is 11.7. The van der Waals surface area contributed by atoms with Crippen LogP contribution in [0.5, 0.6) is 5.75 Å². The molecular weight excluding hydrogens is 507 g/mol. The normalized spacial score (nSPS) is 11.7. The van der Waals surface area contributed by atoms with Crippen LogP contribution in [0.2, 0.25) is 5.02 Å². The molecule has 3 heterocycles. The monoisotopic (exact) mass is 525 g/mol. The Morgan fingerprint density at radius 1 is 1.08 bits per heavy atom. The zero-order chi connectivity index (χ0) is 26.2. The minimum atomic E-state index is -4.85. The van der Waals surface area contributed by atoms with Crippen molar-refractivity contribution in [2.24, 2.45) is 0 Å². The summed E-state index contributed by atoms with van der Waals surface area (Å²) in [5.41, 5.74) is -0.274. The van der Waals surface area contributed by atoms with E-state index in [0.29, 0.717) is 28.5 Å². The quantitative estimate of drug-likeness (QED) is 0.213. The standard InChI is InChI=1S/C27H19ClF3N3O3/c1-2-36-19-7-8-21-20(13-19)23(24(35)22-14-33-26(37-22)17-9-11-32-12-10-17)25(27(29,30)31)34(21)15-16-3-5-18(28)6-4-16/h3-14H,2,15H2,1H3. The lowest BCUT2D eigenvalue weighted by Crippen LogP contribution is -2.18. The maximum absolute atomic E-state index is 14.6. The van der Waals surface area contributed by atoms with Crippen molar-refractivity contribution in [2.75, 3.05) is 6.61 Å². The molecule has 5 aromatic rings. The fourth-order valence-corrected chi connectivity index (χ4v) is 4.31. The third-order valence-electron chi connectivity index (χ3n) is 5.75. The van der Waals surface area contributed by atoms with Crippen molar-refractivity contribution in [2.45, 2.75) is 19.6 Å². The molecule has 6 nitrogen and oxygen atoms in total. The Kier molecular flexibility index (Phi) is 6.47. The van der Waals surface area contributed by atoms with Crippen molar-refractivity contribution >= 4 is 28.3 Å². The van der Waals surface area contributed by atoms with Crippen LogP contribution in [0.25, 0.3) is 22.4 Å².